The molecule has 0 atom stereocenters. The van der Waals surface area contributed by atoms with Crippen molar-refractivity contribution < 1.29 is 14.3 Å². The van der Waals surface area contributed by atoms with Crippen molar-refractivity contribution >= 4 is 45.7 Å². The van der Waals surface area contributed by atoms with Crippen molar-refractivity contribution in [3.8, 4) is 17.6 Å². The van der Waals surface area contributed by atoms with Crippen LogP contribution >= 0.6 is 23.6 Å². The molecule has 2 aromatic rings. The maximum Gasteiger partial charge on any atom is 0.250 e. The molecule has 1 aliphatic rings. The summed E-state index contributed by atoms with van der Waals surface area (Å²) in [6.07, 6.45) is 6.03. The maximum absolute atomic E-state index is 12.1. The van der Waals surface area contributed by atoms with Gasteiger partial charge in [-0.25, -0.2) is 0 Å². The number of anilines is 1. The molecule has 0 saturated heterocycles. The summed E-state index contributed by atoms with van der Waals surface area (Å²) in [5.74, 6) is 0.831. The number of hydrogen-bond acceptors (Lipinski definition) is 6. The molecule has 8 heteroatoms. The van der Waals surface area contributed by atoms with Gasteiger partial charge in [-0.05, 0) is 60.8 Å². The molecule has 1 heterocycles. The van der Waals surface area contributed by atoms with Gasteiger partial charge in [-0.15, -0.1) is 11.3 Å². The summed E-state index contributed by atoms with van der Waals surface area (Å²) in [7, 11) is 3.12. The lowest BCUT2D eigenvalue weighted by Crippen LogP contribution is -2.32. The molecule has 0 bridgehead atoms. The number of carbonyl (C=O) groups is 1. The van der Waals surface area contributed by atoms with Gasteiger partial charge in [-0.3, -0.25) is 10.1 Å². The Morgan fingerprint density at radius 2 is 2.07 bits per heavy atom. The van der Waals surface area contributed by atoms with Crippen LogP contribution in [0, 0.1) is 11.3 Å². The summed E-state index contributed by atoms with van der Waals surface area (Å²) < 4.78 is 10.4. The Bertz CT molecular complexity index is 989. The summed E-state index contributed by atoms with van der Waals surface area (Å²) in [5.41, 5.74) is 2.53. The molecular formula is C20H19N3O3S2. The van der Waals surface area contributed by atoms with Gasteiger partial charge in [0, 0.05) is 11.0 Å². The SMILES string of the molecule is COc1ccc(C=CC(=O)NC(=S)Nc2sc3c(c2C#N)CCC3)cc1OC. The first-order chi connectivity index (χ1) is 13.5. The summed E-state index contributed by atoms with van der Waals surface area (Å²) >= 11 is 6.74. The molecule has 0 saturated carbocycles. The van der Waals surface area contributed by atoms with E-state index in [1.165, 1.54) is 22.3 Å². The standard InChI is InChI=1S/C20H19N3O3S2/c1-25-15-8-6-12(10-16(15)26-2)7-9-18(24)22-20(27)23-19-14(11-21)13-4-3-5-17(13)28-19/h6-10H,3-5H2,1-2H3,(H2,22,23,24,27). The molecule has 0 fully saturated rings. The molecule has 0 aliphatic heterocycles. The number of thiocarbonyl (C=S) groups is 1. The van der Waals surface area contributed by atoms with E-state index < -0.39 is 0 Å². The molecule has 6 nitrogen and oxygen atoms in total. The summed E-state index contributed by atoms with van der Waals surface area (Å²) in [4.78, 5) is 13.4. The van der Waals surface area contributed by atoms with Crippen molar-refractivity contribution in [1.82, 2.24) is 5.32 Å². The highest BCUT2D eigenvalue weighted by Gasteiger charge is 2.22. The van der Waals surface area contributed by atoms with Crippen LogP contribution in [0.25, 0.3) is 6.08 Å². The number of ether oxygens (including phenoxy) is 2. The largest absolute Gasteiger partial charge is 0.493 e. The molecule has 1 aliphatic carbocycles. The van der Waals surface area contributed by atoms with Crippen molar-refractivity contribution in [3.63, 3.8) is 0 Å². The molecule has 1 aromatic carbocycles. The number of hydrogen-bond donors (Lipinski definition) is 2. The quantitative estimate of drug-likeness (QED) is 0.575. The molecule has 2 N–H and O–H groups in total. The number of amides is 1. The first kappa shape index (κ1) is 19.9. The number of aryl methyl sites for hydroxylation is 1. The Hall–Kier alpha value is -2.89. The van der Waals surface area contributed by atoms with Gasteiger partial charge in [0.05, 0.1) is 19.8 Å². The van der Waals surface area contributed by atoms with Crippen molar-refractivity contribution in [1.29, 1.82) is 5.26 Å². The first-order valence-corrected chi connectivity index (χ1v) is 9.85. The van der Waals surface area contributed by atoms with Crippen LogP contribution < -0.4 is 20.1 Å². The average Bonchev–Trinajstić information content (AvgIpc) is 3.26. The monoisotopic (exact) mass is 413 g/mol. The Morgan fingerprint density at radius 1 is 1.29 bits per heavy atom. The third kappa shape index (κ3) is 4.32. The molecule has 3 rings (SSSR count). The Morgan fingerprint density at radius 3 is 2.79 bits per heavy atom. The van der Waals surface area contributed by atoms with E-state index in [9.17, 15) is 10.1 Å². The zero-order chi connectivity index (χ0) is 20.1. The molecule has 28 heavy (non-hydrogen) atoms. The van der Waals surface area contributed by atoms with Gasteiger partial charge in [0.15, 0.2) is 16.6 Å². The second kappa shape index (κ2) is 8.87. The second-order valence-corrected chi connectivity index (χ2v) is 7.58. The van der Waals surface area contributed by atoms with Gasteiger partial charge in [-0.2, -0.15) is 5.26 Å². The highest BCUT2D eigenvalue weighted by atomic mass is 32.1. The third-order valence-corrected chi connectivity index (χ3v) is 5.74. The molecule has 1 amide bonds. The first-order valence-electron chi connectivity index (χ1n) is 8.62. The van der Waals surface area contributed by atoms with Crippen molar-refractivity contribution in [2.75, 3.05) is 19.5 Å². The lowest BCUT2D eigenvalue weighted by atomic mass is 10.1. The smallest absolute Gasteiger partial charge is 0.250 e. The van der Waals surface area contributed by atoms with Crippen LogP contribution in [-0.2, 0) is 17.6 Å². The highest BCUT2D eigenvalue weighted by Crippen LogP contribution is 2.38. The molecule has 0 unspecified atom stereocenters. The molecule has 0 radical (unpaired) electrons. The highest BCUT2D eigenvalue weighted by molar-refractivity contribution is 7.80. The van der Waals surface area contributed by atoms with Crippen molar-refractivity contribution in [2.24, 2.45) is 0 Å². The van der Waals surface area contributed by atoms with E-state index in [0.717, 1.165) is 30.4 Å². The maximum atomic E-state index is 12.1. The van der Waals surface area contributed by atoms with Crippen LogP contribution in [0.2, 0.25) is 0 Å². The van der Waals surface area contributed by atoms with Crippen LogP contribution in [0.4, 0.5) is 5.00 Å². The van der Waals surface area contributed by atoms with Gasteiger partial charge in [0.25, 0.3) is 0 Å². The fourth-order valence-corrected chi connectivity index (χ4v) is 4.54. The van der Waals surface area contributed by atoms with Crippen LogP contribution in [0.15, 0.2) is 24.3 Å². The number of carbonyl (C=O) groups excluding carboxylic acids is 1. The van der Waals surface area contributed by atoms with E-state index in [0.29, 0.717) is 22.1 Å². The lowest BCUT2D eigenvalue weighted by molar-refractivity contribution is -0.115. The predicted octanol–water partition coefficient (Wildman–Crippen LogP) is 3.65. The molecule has 144 valence electrons. The van der Waals surface area contributed by atoms with Gasteiger partial charge < -0.3 is 14.8 Å². The number of benzene rings is 1. The zero-order valence-corrected chi connectivity index (χ0v) is 17.1. The van der Waals surface area contributed by atoms with E-state index in [1.54, 1.807) is 32.4 Å². The van der Waals surface area contributed by atoms with Gasteiger partial charge in [-0.1, -0.05) is 6.07 Å². The van der Waals surface area contributed by atoms with E-state index in [2.05, 4.69) is 16.7 Å². The van der Waals surface area contributed by atoms with Crippen molar-refractivity contribution in [3.05, 3.63) is 45.8 Å². The normalized spacial score (nSPS) is 12.3. The van der Waals surface area contributed by atoms with Crippen LogP contribution in [0.1, 0.15) is 28.0 Å². The van der Waals surface area contributed by atoms with Crippen molar-refractivity contribution in [2.45, 2.75) is 19.3 Å². The van der Waals surface area contributed by atoms with Crippen LogP contribution in [-0.4, -0.2) is 25.2 Å². The molecule has 0 spiro atoms. The molecular weight excluding hydrogens is 394 g/mol. The Balaban J connectivity index is 1.62. The number of rotatable bonds is 5. The number of thiophene rings is 1. The number of nitrogens with zero attached hydrogens (tertiary/aromatic N) is 1. The van der Waals surface area contributed by atoms with Crippen LogP contribution in [0.5, 0.6) is 11.5 Å². The topological polar surface area (TPSA) is 83.4 Å². The number of nitriles is 1. The molecule has 1 aromatic heterocycles. The summed E-state index contributed by atoms with van der Waals surface area (Å²) in [6, 6.07) is 7.59. The van der Waals surface area contributed by atoms with Gasteiger partial charge in [0.2, 0.25) is 5.91 Å². The number of nitrogens with one attached hydrogen (secondary N) is 2. The second-order valence-electron chi connectivity index (χ2n) is 6.06. The lowest BCUT2D eigenvalue weighted by Gasteiger charge is -2.08. The minimum atomic E-state index is -0.366. The fraction of sp³-hybridized carbons (Fsp3) is 0.250. The van der Waals surface area contributed by atoms with E-state index >= 15 is 0 Å². The average molecular weight is 414 g/mol. The number of methoxy groups -OCH3 is 2. The fourth-order valence-electron chi connectivity index (χ4n) is 3.03. The Labute approximate surface area is 172 Å². The van der Waals surface area contributed by atoms with Gasteiger partial charge in [0.1, 0.15) is 11.1 Å². The third-order valence-electron chi connectivity index (χ3n) is 4.33. The predicted molar refractivity (Wildman–Crippen MR) is 114 cm³/mol. The summed E-state index contributed by atoms with van der Waals surface area (Å²) in [6.45, 7) is 0. The zero-order valence-electron chi connectivity index (χ0n) is 15.5. The Kier molecular flexibility index (Phi) is 6.29. The van der Waals surface area contributed by atoms with E-state index in [1.807, 2.05) is 6.07 Å². The van der Waals surface area contributed by atoms with Gasteiger partial charge >= 0.3 is 0 Å². The van der Waals surface area contributed by atoms with Crippen LogP contribution in [0.3, 0.4) is 0 Å². The minimum absolute atomic E-state index is 0.165. The minimum Gasteiger partial charge on any atom is -0.493 e. The van der Waals surface area contributed by atoms with E-state index in [4.69, 9.17) is 21.7 Å². The number of fused-ring (bicyclic) bond motifs is 1. The van der Waals surface area contributed by atoms with E-state index in [-0.39, 0.29) is 11.0 Å². The summed E-state index contributed by atoms with van der Waals surface area (Å²) in [5, 5.41) is 15.9.